The van der Waals surface area contributed by atoms with Gasteiger partial charge in [-0.1, -0.05) is 44.2 Å². The third-order valence-corrected chi connectivity index (χ3v) is 5.43. The minimum absolute atomic E-state index is 0.0547. The lowest BCUT2D eigenvalue weighted by molar-refractivity contribution is -0.115. The first-order valence-corrected chi connectivity index (χ1v) is 10.0. The fourth-order valence-corrected chi connectivity index (χ4v) is 3.79. The van der Waals surface area contributed by atoms with Gasteiger partial charge in [-0.25, -0.2) is 4.79 Å². The first kappa shape index (κ1) is 19.1. The van der Waals surface area contributed by atoms with Gasteiger partial charge >= 0.3 is 6.03 Å². The number of hydrogen-bond acceptors (Lipinski definition) is 2. The lowest BCUT2D eigenvalue weighted by Crippen LogP contribution is -2.45. The Morgan fingerprint density at radius 1 is 1.10 bits per heavy atom. The van der Waals surface area contributed by atoms with Gasteiger partial charge in [-0.3, -0.25) is 4.79 Å². The Hall–Kier alpha value is -3.28. The zero-order chi connectivity index (χ0) is 20.4. The third kappa shape index (κ3) is 4.11. The molecule has 1 aliphatic rings. The zero-order valence-corrected chi connectivity index (χ0v) is 16.8. The Bertz CT molecular complexity index is 1040. The van der Waals surface area contributed by atoms with Gasteiger partial charge in [0, 0.05) is 28.8 Å². The number of nitrogens with one attached hydrogen (secondary N) is 3. The summed E-state index contributed by atoms with van der Waals surface area (Å²) in [6.45, 7) is 5.36. The summed E-state index contributed by atoms with van der Waals surface area (Å²) in [6, 6.07) is 15.8. The summed E-state index contributed by atoms with van der Waals surface area (Å²) in [6.07, 6.45) is 0.807. The molecule has 6 heteroatoms. The first-order valence-electron chi connectivity index (χ1n) is 10.0. The number of benzene rings is 2. The van der Waals surface area contributed by atoms with Gasteiger partial charge in [-0.2, -0.15) is 0 Å². The predicted molar refractivity (Wildman–Crippen MR) is 115 cm³/mol. The van der Waals surface area contributed by atoms with Crippen molar-refractivity contribution in [3.63, 3.8) is 0 Å². The van der Waals surface area contributed by atoms with E-state index in [0.29, 0.717) is 19.0 Å². The molecule has 0 unspecified atom stereocenters. The molecule has 3 amide bonds. The normalized spacial score (nSPS) is 13.4. The smallest absolute Gasteiger partial charge is 0.318 e. The van der Waals surface area contributed by atoms with Crippen molar-refractivity contribution in [2.24, 2.45) is 0 Å². The van der Waals surface area contributed by atoms with E-state index in [-0.39, 0.29) is 18.5 Å². The van der Waals surface area contributed by atoms with Gasteiger partial charge in [0.25, 0.3) is 0 Å². The number of anilines is 1. The van der Waals surface area contributed by atoms with Gasteiger partial charge in [0.05, 0.1) is 13.1 Å². The van der Waals surface area contributed by atoms with E-state index in [1.165, 1.54) is 16.5 Å². The number of para-hydroxylation sites is 1. The van der Waals surface area contributed by atoms with E-state index in [9.17, 15) is 9.59 Å². The fourth-order valence-electron chi connectivity index (χ4n) is 3.79. The molecule has 29 heavy (non-hydrogen) atoms. The Balaban J connectivity index is 1.31. The second kappa shape index (κ2) is 7.99. The summed E-state index contributed by atoms with van der Waals surface area (Å²) in [5.41, 5.74) is 5.41. The highest BCUT2D eigenvalue weighted by atomic mass is 16.2. The van der Waals surface area contributed by atoms with Crippen molar-refractivity contribution in [3.8, 4) is 0 Å². The quantitative estimate of drug-likeness (QED) is 0.630. The molecule has 0 bridgehead atoms. The predicted octanol–water partition coefficient (Wildman–Crippen LogP) is 4.00. The molecule has 3 N–H and O–H groups in total. The molecule has 0 atom stereocenters. The third-order valence-electron chi connectivity index (χ3n) is 5.43. The molecule has 0 aliphatic carbocycles. The van der Waals surface area contributed by atoms with Crippen molar-refractivity contribution in [2.45, 2.75) is 32.7 Å². The number of amides is 3. The van der Waals surface area contributed by atoms with E-state index in [2.05, 4.69) is 41.6 Å². The molecule has 0 saturated carbocycles. The molecule has 1 aliphatic heterocycles. The molecule has 1 aromatic heterocycles. The Morgan fingerprint density at radius 3 is 2.62 bits per heavy atom. The van der Waals surface area contributed by atoms with Gasteiger partial charge in [0.2, 0.25) is 5.91 Å². The van der Waals surface area contributed by atoms with Crippen LogP contribution in [0.1, 0.15) is 36.6 Å². The average Bonchev–Trinajstić information content (AvgIpc) is 3.10. The van der Waals surface area contributed by atoms with Crippen LogP contribution in [0.5, 0.6) is 0 Å². The van der Waals surface area contributed by atoms with E-state index < -0.39 is 0 Å². The fraction of sp³-hybridized carbons (Fsp3) is 0.304. The minimum atomic E-state index is -0.237. The van der Waals surface area contributed by atoms with E-state index in [1.807, 2.05) is 36.4 Å². The van der Waals surface area contributed by atoms with Crippen LogP contribution in [0.3, 0.4) is 0 Å². The van der Waals surface area contributed by atoms with E-state index in [0.717, 1.165) is 23.3 Å². The molecule has 150 valence electrons. The van der Waals surface area contributed by atoms with Gasteiger partial charge < -0.3 is 20.5 Å². The number of aromatic nitrogens is 1. The average molecular weight is 390 g/mol. The van der Waals surface area contributed by atoms with Crippen molar-refractivity contribution < 1.29 is 9.59 Å². The summed E-state index contributed by atoms with van der Waals surface area (Å²) in [5, 5.41) is 6.78. The maximum absolute atomic E-state index is 12.5. The second-order valence-electron chi connectivity index (χ2n) is 7.78. The summed E-state index contributed by atoms with van der Waals surface area (Å²) in [5.74, 6) is 0.209. The SMILES string of the molecule is CC(C)c1ccc(NC(=O)CNC(=O)N2CCc3c([nH]c4ccccc34)C2)cc1. The summed E-state index contributed by atoms with van der Waals surface area (Å²) in [7, 11) is 0. The number of aromatic amines is 1. The zero-order valence-electron chi connectivity index (χ0n) is 16.8. The van der Waals surface area contributed by atoms with Crippen LogP contribution in [-0.2, 0) is 17.8 Å². The second-order valence-corrected chi connectivity index (χ2v) is 7.78. The van der Waals surface area contributed by atoms with Crippen molar-refractivity contribution in [3.05, 3.63) is 65.4 Å². The lowest BCUT2D eigenvalue weighted by Gasteiger charge is -2.27. The van der Waals surface area contributed by atoms with Crippen LogP contribution >= 0.6 is 0 Å². The Labute approximate surface area is 170 Å². The van der Waals surface area contributed by atoms with Crippen LogP contribution < -0.4 is 10.6 Å². The van der Waals surface area contributed by atoms with Crippen LogP contribution in [0.2, 0.25) is 0 Å². The van der Waals surface area contributed by atoms with Gasteiger partial charge in [-0.05, 0) is 41.7 Å². The Kier molecular flexibility index (Phi) is 5.25. The molecule has 6 nitrogen and oxygen atoms in total. The van der Waals surface area contributed by atoms with Crippen molar-refractivity contribution in [1.82, 2.24) is 15.2 Å². The number of carbonyl (C=O) groups excluding carboxylic acids is 2. The highest BCUT2D eigenvalue weighted by molar-refractivity contribution is 5.94. The first-order chi connectivity index (χ1) is 14.0. The number of urea groups is 1. The van der Waals surface area contributed by atoms with Gasteiger partial charge in [0.15, 0.2) is 0 Å². The van der Waals surface area contributed by atoms with Crippen molar-refractivity contribution >= 4 is 28.5 Å². The van der Waals surface area contributed by atoms with Crippen LogP contribution in [-0.4, -0.2) is 34.9 Å². The highest BCUT2D eigenvalue weighted by Crippen LogP contribution is 2.27. The molecule has 3 aromatic rings. The number of rotatable bonds is 4. The highest BCUT2D eigenvalue weighted by Gasteiger charge is 2.24. The molecule has 0 radical (unpaired) electrons. The van der Waals surface area contributed by atoms with Crippen LogP contribution in [0.4, 0.5) is 10.5 Å². The molecule has 2 aromatic carbocycles. The van der Waals surface area contributed by atoms with E-state index in [4.69, 9.17) is 0 Å². The molecule has 0 saturated heterocycles. The molecular weight excluding hydrogens is 364 g/mol. The van der Waals surface area contributed by atoms with Crippen molar-refractivity contribution in [1.29, 1.82) is 0 Å². The largest absolute Gasteiger partial charge is 0.357 e. The van der Waals surface area contributed by atoms with Crippen LogP contribution in [0.25, 0.3) is 10.9 Å². The molecule has 0 spiro atoms. The monoisotopic (exact) mass is 390 g/mol. The van der Waals surface area contributed by atoms with Gasteiger partial charge in [-0.15, -0.1) is 0 Å². The number of hydrogen-bond donors (Lipinski definition) is 3. The number of fused-ring (bicyclic) bond motifs is 3. The summed E-state index contributed by atoms with van der Waals surface area (Å²) < 4.78 is 0. The maximum Gasteiger partial charge on any atom is 0.318 e. The number of H-pyrrole nitrogens is 1. The number of carbonyl (C=O) groups is 2. The number of nitrogens with zero attached hydrogens (tertiary/aromatic N) is 1. The van der Waals surface area contributed by atoms with Crippen molar-refractivity contribution in [2.75, 3.05) is 18.4 Å². The van der Waals surface area contributed by atoms with Gasteiger partial charge in [0.1, 0.15) is 0 Å². The van der Waals surface area contributed by atoms with E-state index >= 15 is 0 Å². The minimum Gasteiger partial charge on any atom is -0.357 e. The lowest BCUT2D eigenvalue weighted by atomic mass is 10.0. The van der Waals surface area contributed by atoms with E-state index in [1.54, 1.807) is 4.90 Å². The molecule has 2 heterocycles. The molecular formula is C23H26N4O2. The summed E-state index contributed by atoms with van der Waals surface area (Å²) in [4.78, 5) is 29.9. The van der Waals surface area contributed by atoms with Crippen LogP contribution in [0, 0.1) is 0 Å². The molecule has 0 fully saturated rings. The Morgan fingerprint density at radius 2 is 1.86 bits per heavy atom. The molecule has 4 rings (SSSR count). The standard InChI is InChI=1S/C23H26N4O2/c1-15(2)16-7-9-17(10-8-16)25-22(28)13-24-23(29)27-12-11-19-18-5-3-4-6-20(18)26-21(19)14-27/h3-10,15,26H,11-14H2,1-2H3,(H,24,29)(H,25,28). The van der Waals surface area contributed by atoms with Crippen LogP contribution in [0.15, 0.2) is 48.5 Å². The maximum atomic E-state index is 12.5. The summed E-state index contributed by atoms with van der Waals surface area (Å²) >= 11 is 0. The topological polar surface area (TPSA) is 77.2 Å².